The van der Waals surface area contributed by atoms with Crippen molar-refractivity contribution in [1.82, 2.24) is 10.0 Å². The third kappa shape index (κ3) is 6.81. The highest BCUT2D eigenvalue weighted by molar-refractivity contribution is 4.49. The molecule has 0 bridgehead atoms. The van der Waals surface area contributed by atoms with Crippen LogP contribution in [-0.2, 0) is 0 Å². The minimum Gasteiger partial charge on any atom is -0.569 e. The Morgan fingerprint density at radius 1 is 0.800 bits per heavy atom. The van der Waals surface area contributed by atoms with Gasteiger partial charge in [0.05, 0.1) is 36.1 Å². The van der Waals surface area contributed by atoms with E-state index in [-0.39, 0.29) is 9.94 Å². The van der Waals surface area contributed by atoms with Crippen molar-refractivity contribution < 1.29 is 20.4 Å². The van der Waals surface area contributed by atoms with Gasteiger partial charge < -0.3 is 20.8 Å². The zero-order valence-corrected chi connectivity index (χ0v) is 12.1. The molecule has 20 heavy (non-hydrogen) atoms. The first-order chi connectivity index (χ1) is 9.60. The Hall–Kier alpha value is -2.00. The summed E-state index contributed by atoms with van der Waals surface area (Å²) in [5, 5.41) is 46.7. The molecule has 2 N–H and O–H groups in total. The summed E-state index contributed by atoms with van der Waals surface area (Å²) < 4.78 is 0. The zero-order chi connectivity index (χ0) is 15.4. The lowest BCUT2D eigenvalue weighted by atomic mass is 10.2. The van der Waals surface area contributed by atoms with Crippen LogP contribution in [0.15, 0.2) is 10.6 Å². The number of rotatable bonds is 11. The summed E-state index contributed by atoms with van der Waals surface area (Å²) in [5.74, 6) is 0. The molecule has 118 valence electrons. The first-order valence-corrected chi connectivity index (χ1v) is 6.74. The fourth-order valence-corrected chi connectivity index (χ4v) is 1.78. The van der Waals surface area contributed by atoms with Crippen LogP contribution in [-0.4, -0.2) is 56.6 Å². The Morgan fingerprint density at radius 2 is 1.15 bits per heavy atom. The SMILES string of the molecule is CCN(CCCCCCN(CC)[N+]([O-])=NO)[N+]([O-])=NO. The predicted octanol–water partition coefficient (Wildman–Crippen LogP) is 1.72. The molecular weight excluding hydrogens is 268 g/mol. The molecule has 0 rings (SSSR count). The molecule has 0 radical (unpaired) electrons. The van der Waals surface area contributed by atoms with Gasteiger partial charge in [0.25, 0.3) is 0 Å². The van der Waals surface area contributed by atoms with Crippen LogP contribution < -0.4 is 0 Å². The lowest BCUT2D eigenvalue weighted by Gasteiger charge is -2.16. The highest BCUT2D eigenvalue weighted by Gasteiger charge is 2.11. The molecule has 0 saturated carbocycles. The second-order valence-corrected chi connectivity index (χ2v) is 4.19. The van der Waals surface area contributed by atoms with E-state index in [2.05, 4.69) is 10.6 Å². The molecule has 0 fully saturated rings. The highest BCUT2D eigenvalue weighted by atomic mass is 16.6. The van der Waals surface area contributed by atoms with Crippen molar-refractivity contribution in [3.8, 4) is 0 Å². The maximum Gasteiger partial charge on any atom is 0.230 e. The van der Waals surface area contributed by atoms with Crippen LogP contribution in [0.25, 0.3) is 0 Å². The van der Waals surface area contributed by atoms with Crippen molar-refractivity contribution in [2.75, 3.05) is 26.2 Å². The van der Waals surface area contributed by atoms with E-state index in [4.69, 9.17) is 10.4 Å². The summed E-state index contributed by atoms with van der Waals surface area (Å²) in [6.45, 7) is 5.58. The first-order valence-electron chi connectivity index (χ1n) is 6.74. The Labute approximate surface area is 118 Å². The summed E-state index contributed by atoms with van der Waals surface area (Å²) >= 11 is 0. The van der Waals surface area contributed by atoms with Crippen LogP contribution in [0.1, 0.15) is 39.5 Å². The molecule has 0 unspecified atom stereocenters. The van der Waals surface area contributed by atoms with Gasteiger partial charge in [-0.15, -0.1) is 10.0 Å². The number of nitrogens with zero attached hydrogens (tertiary/aromatic N) is 6. The van der Waals surface area contributed by atoms with Gasteiger partial charge in [0, 0.05) is 0 Å². The van der Waals surface area contributed by atoms with Crippen molar-refractivity contribution in [3.63, 3.8) is 0 Å². The van der Waals surface area contributed by atoms with Crippen LogP contribution in [0.2, 0.25) is 0 Å². The second-order valence-electron chi connectivity index (χ2n) is 4.19. The molecule has 0 aliphatic carbocycles. The van der Waals surface area contributed by atoms with Crippen LogP contribution in [0.5, 0.6) is 0 Å². The molecule has 0 aliphatic heterocycles. The summed E-state index contributed by atoms with van der Waals surface area (Å²) in [7, 11) is 0. The van der Waals surface area contributed by atoms with Gasteiger partial charge in [0.2, 0.25) is 10.6 Å². The van der Waals surface area contributed by atoms with Gasteiger partial charge in [-0.05, 0) is 26.7 Å². The molecule has 0 aromatic rings. The highest BCUT2D eigenvalue weighted by Crippen LogP contribution is 2.04. The maximum absolute atomic E-state index is 11.0. The maximum atomic E-state index is 11.0. The molecule has 0 aliphatic rings. The standard InChI is InChI=1S/C10H24N6O4/c1-3-13(15(19)11-17)9-7-5-6-8-10-14(4-2)16(20)12-18/h17-18H,3-10H2,1-2H3. The van der Waals surface area contributed by atoms with E-state index in [1.54, 1.807) is 13.8 Å². The van der Waals surface area contributed by atoms with Gasteiger partial charge in [-0.3, -0.25) is 0 Å². The topological polar surface area (TPSA) is 124 Å². The fraction of sp³-hybridized carbons (Fsp3) is 1.00. The molecule has 0 amide bonds. The van der Waals surface area contributed by atoms with Gasteiger partial charge in [0.1, 0.15) is 0 Å². The molecule has 0 atom stereocenters. The summed E-state index contributed by atoms with van der Waals surface area (Å²) in [4.78, 5) is 0.355. The van der Waals surface area contributed by atoms with Crippen LogP contribution in [0.3, 0.4) is 0 Å². The van der Waals surface area contributed by atoms with E-state index in [1.165, 1.54) is 10.0 Å². The van der Waals surface area contributed by atoms with E-state index in [0.717, 1.165) is 25.7 Å². The van der Waals surface area contributed by atoms with Crippen molar-refractivity contribution in [2.45, 2.75) is 39.5 Å². The molecule has 0 aromatic heterocycles. The largest absolute Gasteiger partial charge is 0.569 e. The third-order valence-electron chi connectivity index (χ3n) is 2.95. The normalized spacial score (nSPS) is 12.5. The smallest absolute Gasteiger partial charge is 0.230 e. The zero-order valence-electron chi connectivity index (χ0n) is 12.1. The van der Waals surface area contributed by atoms with Gasteiger partial charge in [-0.1, -0.05) is 12.8 Å². The van der Waals surface area contributed by atoms with Crippen LogP contribution >= 0.6 is 0 Å². The Balaban J connectivity index is 3.76. The molecule has 0 aromatic carbocycles. The summed E-state index contributed by atoms with van der Waals surface area (Å²) in [6, 6.07) is 0. The summed E-state index contributed by atoms with van der Waals surface area (Å²) in [5.41, 5.74) is 0. The van der Waals surface area contributed by atoms with E-state index in [0.29, 0.717) is 26.2 Å². The average Bonchev–Trinajstić information content (AvgIpc) is 2.48. The second kappa shape index (κ2) is 10.9. The number of hydrazine groups is 2. The lowest BCUT2D eigenvalue weighted by molar-refractivity contribution is -0.709. The lowest BCUT2D eigenvalue weighted by Crippen LogP contribution is -2.32. The number of hydrogen-bond acceptors (Lipinski definition) is 4. The van der Waals surface area contributed by atoms with Gasteiger partial charge in [0.15, 0.2) is 0 Å². The van der Waals surface area contributed by atoms with Crippen LogP contribution in [0.4, 0.5) is 0 Å². The molecule has 10 heteroatoms. The molecule has 10 nitrogen and oxygen atoms in total. The Bertz CT molecular complexity index is 282. The van der Waals surface area contributed by atoms with Gasteiger partial charge >= 0.3 is 0 Å². The van der Waals surface area contributed by atoms with Crippen molar-refractivity contribution in [3.05, 3.63) is 10.4 Å². The summed E-state index contributed by atoms with van der Waals surface area (Å²) in [6.07, 6.45) is 3.37. The average molecular weight is 292 g/mol. The number of hydrogen-bond donors (Lipinski definition) is 2. The molecule has 0 spiro atoms. The van der Waals surface area contributed by atoms with Crippen molar-refractivity contribution in [2.24, 2.45) is 10.6 Å². The quantitative estimate of drug-likeness (QED) is 0.258. The third-order valence-corrected chi connectivity index (χ3v) is 2.95. The van der Waals surface area contributed by atoms with Gasteiger partial charge in [-0.2, -0.15) is 0 Å². The molecule has 0 heterocycles. The fourth-order valence-electron chi connectivity index (χ4n) is 1.78. The van der Waals surface area contributed by atoms with Crippen molar-refractivity contribution in [1.29, 1.82) is 0 Å². The first kappa shape index (κ1) is 18.0. The predicted molar refractivity (Wildman–Crippen MR) is 68.6 cm³/mol. The monoisotopic (exact) mass is 292 g/mol. The minimum absolute atomic E-state index is 0.177. The molecule has 0 saturated heterocycles. The minimum atomic E-state index is 0.177. The molecular formula is C10H24N6O4. The Morgan fingerprint density at radius 3 is 1.40 bits per heavy atom. The van der Waals surface area contributed by atoms with E-state index >= 15 is 0 Å². The Kier molecular flexibility index (Phi) is 9.79. The van der Waals surface area contributed by atoms with E-state index < -0.39 is 0 Å². The van der Waals surface area contributed by atoms with Crippen molar-refractivity contribution >= 4 is 0 Å². The van der Waals surface area contributed by atoms with Gasteiger partial charge in [-0.25, -0.2) is 0 Å². The van der Waals surface area contributed by atoms with E-state index in [9.17, 15) is 10.4 Å². The van der Waals surface area contributed by atoms with Crippen LogP contribution in [0, 0.1) is 10.4 Å². The van der Waals surface area contributed by atoms with E-state index in [1.807, 2.05) is 0 Å². The number of unbranched alkanes of at least 4 members (excludes halogenated alkanes) is 3.